The summed E-state index contributed by atoms with van der Waals surface area (Å²) >= 11 is 6.23. The van der Waals surface area contributed by atoms with E-state index in [-0.39, 0.29) is 11.9 Å². The number of rotatable bonds is 5. The van der Waals surface area contributed by atoms with E-state index in [1.54, 1.807) is 11.0 Å². The van der Waals surface area contributed by atoms with Gasteiger partial charge in [-0.2, -0.15) is 0 Å². The van der Waals surface area contributed by atoms with Crippen molar-refractivity contribution in [1.82, 2.24) is 5.32 Å². The molecule has 0 aliphatic carbocycles. The molecule has 1 aliphatic heterocycles. The van der Waals surface area contributed by atoms with Crippen molar-refractivity contribution in [3.05, 3.63) is 59.1 Å². The number of aryl methyl sites for hydroxylation is 1. The van der Waals surface area contributed by atoms with E-state index in [2.05, 4.69) is 17.6 Å². The lowest BCUT2D eigenvalue weighted by Crippen LogP contribution is -2.53. The molecule has 2 aromatic carbocycles. The topological polar surface area (TPSA) is 61.4 Å². The predicted octanol–water partition coefficient (Wildman–Crippen LogP) is 4.61. The molecule has 1 fully saturated rings. The average molecular weight is 386 g/mol. The molecule has 0 spiro atoms. The number of carbonyl (C=O) groups excluding carboxylic acids is 2. The lowest BCUT2D eigenvalue weighted by molar-refractivity contribution is -0.121. The van der Waals surface area contributed by atoms with Crippen molar-refractivity contribution >= 4 is 34.9 Å². The number of nitrogens with zero attached hydrogens (tertiary/aromatic N) is 1. The van der Waals surface area contributed by atoms with E-state index in [1.807, 2.05) is 42.5 Å². The van der Waals surface area contributed by atoms with Crippen LogP contribution in [0.4, 0.5) is 16.2 Å². The summed E-state index contributed by atoms with van der Waals surface area (Å²) < 4.78 is 0. The third-order valence-corrected chi connectivity index (χ3v) is 4.96. The van der Waals surface area contributed by atoms with Crippen LogP contribution in [-0.2, 0) is 11.2 Å². The van der Waals surface area contributed by atoms with Gasteiger partial charge in [0, 0.05) is 12.2 Å². The molecule has 0 bridgehead atoms. The van der Waals surface area contributed by atoms with Crippen LogP contribution >= 0.6 is 11.6 Å². The minimum absolute atomic E-state index is 0.136. The van der Waals surface area contributed by atoms with E-state index in [9.17, 15) is 9.59 Å². The number of hydrogen-bond acceptors (Lipinski definition) is 2. The Kier molecular flexibility index (Phi) is 6.35. The van der Waals surface area contributed by atoms with Crippen LogP contribution in [0.25, 0.3) is 0 Å². The second-order valence-corrected chi connectivity index (χ2v) is 7.09. The van der Waals surface area contributed by atoms with Crippen LogP contribution in [-0.4, -0.2) is 24.5 Å². The number of amides is 3. The van der Waals surface area contributed by atoms with E-state index in [4.69, 9.17) is 11.6 Å². The van der Waals surface area contributed by atoms with Crippen LogP contribution in [0.2, 0.25) is 5.02 Å². The van der Waals surface area contributed by atoms with E-state index in [0.717, 1.165) is 19.3 Å². The smallest absolute Gasteiger partial charge is 0.319 e. The minimum atomic E-state index is -0.561. The molecular weight excluding hydrogens is 362 g/mol. The molecule has 0 aromatic heterocycles. The summed E-state index contributed by atoms with van der Waals surface area (Å²) in [6, 6.07) is 14.1. The Bertz CT molecular complexity index is 807. The van der Waals surface area contributed by atoms with Gasteiger partial charge >= 0.3 is 6.03 Å². The van der Waals surface area contributed by atoms with Gasteiger partial charge in [0.25, 0.3) is 0 Å². The quantitative estimate of drug-likeness (QED) is 0.789. The van der Waals surface area contributed by atoms with Gasteiger partial charge in [-0.1, -0.05) is 49.2 Å². The standard InChI is InChI=1S/C21H24ClN3O2/c1-2-6-15-10-12-16(13-11-15)23-21(27)24-18-8-5-14-25(20(18)26)19-9-4-3-7-17(19)22/h3-4,7,9-13,18H,2,5-6,8,14H2,1H3,(H2,23,24,27). The molecule has 1 saturated heterocycles. The Balaban J connectivity index is 1.61. The summed E-state index contributed by atoms with van der Waals surface area (Å²) in [6.07, 6.45) is 3.51. The Morgan fingerprint density at radius 1 is 1.19 bits per heavy atom. The van der Waals surface area contributed by atoms with Crippen LogP contribution in [0.15, 0.2) is 48.5 Å². The summed E-state index contributed by atoms with van der Waals surface area (Å²) in [6.45, 7) is 2.73. The molecule has 3 rings (SSSR count). The number of carbonyl (C=O) groups is 2. The highest BCUT2D eigenvalue weighted by Gasteiger charge is 2.31. The number of halogens is 1. The summed E-state index contributed by atoms with van der Waals surface area (Å²) in [7, 11) is 0. The monoisotopic (exact) mass is 385 g/mol. The van der Waals surface area contributed by atoms with Gasteiger partial charge in [0.15, 0.2) is 0 Å². The lowest BCUT2D eigenvalue weighted by Gasteiger charge is -2.33. The zero-order valence-corrected chi connectivity index (χ0v) is 16.1. The maximum absolute atomic E-state index is 12.8. The number of anilines is 2. The molecule has 0 saturated carbocycles. The molecule has 0 radical (unpaired) electrons. The fourth-order valence-corrected chi connectivity index (χ4v) is 3.53. The molecule has 2 aromatic rings. The Morgan fingerprint density at radius 3 is 2.63 bits per heavy atom. The summed E-state index contributed by atoms with van der Waals surface area (Å²) in [5.74, 6) is -0.136. The maximum atomic E-state index is 12.8. The molecule has 6 heteroatoms. The average Bonchev–Trinajstić information content (AvgIpc) is 2.66. The van der Waals surface area contributed by atoms with Crippen molar-refractivity contribution in [2.24, 2.45) is 0 Å². The highest BCUT2D eigenvalue weighted by atomic mass is 35.5. The molecule has 27 heavy (non-hydrogen) atoms. The van der Waals surface area contributed by atoms with Crippen molar-refractivity contribution in [2.75, 3.05) is 16.8 Å². The zero-order chi connectivity index (χ0) is 19.2. The fourth-order valence-electron chi connectivity index (χ4n) is 3.29. The van der Waals surface area contributed by atoms with Crippen LogP contribution < -0.4 is 15.5 Å². The second-order valence-electron chi connectivity index (χ2n) is 6.68. The number of hydrogen-bond donors (Lipinski definition) is 2. The van der Waals surface area contributed by atoms with Crippen molar-refractivity contribution in [3.8, 4) is 0 Å². The molecule has 5 nitrogen and oxygen atoms in total. The van der Waals surface area contributed by atoms with Gasteiger partial charge in [0.2, 0.25) is 5.91 Å². The Morgan fingerprint density at radius 2 is 1.93 bits per heavy atom. The number of piperidine rings is 1. The van der Waals surface area contributed by atoms with Crippen molar-refractivity contribution in [2.45, 2.75) is 38.6 Å². The first-order chi connectivity index (χ1) is 13.1. The highest BCUT2D eigenvalue weighted by Crippen LogP contribution is 2.28. The molecule has 1 aliphatic rings. The van der Waals surface area contributed by atoms with Crippen LogP contribution in [0, 0.1) is 0 Å². The van der Waals surface area contributed by atoms with Gasteiger partial charge in [-0.25, -0.2) is 4.79 Å². The molecule has 1 heterocycles. The molecule has 1 unspecified atom stereocenters. The summed E-state index contributed by atoms with van der Waals surface area (Å²) in [5.41, 5.74) is 2.63. The van der Waals surface area contributed by atoms with Gasteiger partial charge < -0.3 is 15.5 Å². The van der Waals surface area contributed by atoms with Gasteiger partial charge in [0.05, 0.1) is 10.7 Å². The van der Waals surface area contributed by atoms with Gasteiger partial charge in [0.1, 0.15) is 6.04 Å². The maximum Gasteiger partial charge on any atom is 0.319 e. The Hall–Kier alpha value is -2.53. The third-order valence-electron chi connectivity index (χ3n) is 4.64. The molecule has 1 atom stereocenters. The fraction of sp³-hybridized carbons (Fsp3) is 0.333. The first-order valence-electron chi connectivity index (χ1n) is 9.31. The second kappa shape index (κ2) is 8.91. The van der Waals surface area contributed by atoms with Gasteiger partial charge in [-0.3, -0.25) is 4.79 Å². The number of para-hydroxylation sites is 1. The van der Waals surface area contributed by atoms with E-state index >= 15 is 0 Å². The molecule has 142 valence electrons. The van der Waals surface area contributed by atoms with E-state index in [1.165, 1.54) is 5.56 Å². The van der Waals surface area contributed by atoms with Gasteiger partial charge in [-0.05, 0) is 49.1 Å². The zero-order valence-electron chi connectivity index (χ0n) is 15.4. The number of urea groups is 1. The minimum Gasteiger partial charge on any atom is -0.326 e. The van der Waals surface area contributed by atoms with Crippen LogP contribution in [0.5, 0.6) is 0 Å². The van der Waals surface area contributed by atoms with E-state index < -0.39 is 6.04 Å². The first-order valence-corrected chi connectivity index (χ1v) is 9.68. The van der Waals surface area contributed by atoms with Gasteiger partial charge in [-0.15, -0.1) is 0 Å². The highest BCUT2D eigenvalue weighted by molar-refractivity contribution is 6.33. The SMILES string of the molecule is CCCc1ccc(NC(=O)NC2CCCN(c3ccccc3Cl)C2=O)cc1. The first kappa shape index (κ1) is 19.2. The van der Waals surface area contributed by atoms with Crippen molar-refractivity contribution < 1.29 is 9.59 Å². The van der Waals surface area contributed by atoms with E-state index in [0.29, 0.717) is 29.4 Å². The summed E-state index contributed by atoms with van der Waals surface area (Å²) in [5, 5.41) is 6.12. The van der Waals surface area contributed by atoms with Crippen molar-refractivity contribution in [1.29, 1.82) is 0 Å². The normalized spacial score (nSPS) is 16.9. The van der Waals surface area contributed by atoms with Crippen LogP contribution in [0.3, 0.4) is 0 Å². The van der Waals surface area contributed by atoms with Crippen molar-refractivity contribution in [3.63, 3.8) is 0 Å². The molecule has 3 amide bonds. The molecular formula is C21H24ClN3O2. The largest absolute Gasteiger partial charge is 0.326 e. The number of nitrogens with one attached hydrogen (secondary N) is 2. The predicted molar refractivity (Wildman–Crippen MR) is 109 cm³/mol. The lowest BCUT2D eigenvalue weighted by atomic mass is 10.0. The third kappa shape index (κ3) is 4.80. The summed E-state index contributed by atoms with van der Waals surface area (Å²) in [4.78, 5) is 26.8. The van der Waals surface area contributed by atoms with Crippen LogP contribution in [0.1, 0.15) is 31.7 Å². The molecule has 2 N–H and O–H groups in total. The number of benzene rings is 2. The Labute approximate surface area is 164 Å².